The van der Waals surface area contributed by atoms with Gasteiger partial charge in [-0.1, -0.05) is 35.9 Å². The molecule has 0 spiro atoms. The van der Waals surface area contributed by atoms with Gasteiger partial charge in [0.05, 0.1) is 11.4 Å². The van der Waals surface area contributed by atoms with E-state index in [-0.39, 0.29) is 5.69 Å². The lowest BCUT2D eigenvalue weighted by Crippen LogP contribution is -2.08. The van der Waals surface area contributed by atoms with E-state index in [2.05, 4.69) is 5.10 Å². The first-order valence-corrected chi connectivity index (χ1v) is 7.43. The summed E-state index contributed by atoms with van der Waals surface area (Å²) < 4.78 is 1.50. The third kappa shape index (κ3) is 3.01. The largest absolute Gasteiger partial charge is 0.477 e. The van der Waals surface area contributed by atoms with Crippen molar-refractivity contribution in [2.75, 3.05) is 0 Å². The third-order valence-corrected chi connectivity index (χ3v) is 3.73. The van der Waals surface area contributed by atoms with Crippen LogP contribution in [0.15, 0.2) is 48.5 Å². The SMILES string of the molecule is Cc1ccc(-c2cc(C(=O)O)n(-c3cc(C)cc(C)c3)n2)cc1. The molecule has 3 rings (SSSR count). The monoisotopic (exact) mass is 306 g/mol. The van der Waals surface area contributed by atoms with Crippen molar-refractivity contribution in [3.63, 3.8) is 0 Å². The summed E-state index contributed by atoms with van der Waals surface area (Å²) in [4.78, 5) is 11.6. The van der Waals surface area contributed by atoms with E-state index in [9.17, 15) is 9.90 Å². The highest BCUT2D eigenvalue weighted by molar-refractivity contribution is 5.88. The van der Waals surface area contributed by atoms with Crippen LogP contribution in [0, 0.1) is 20.8 Å². The van der Waals surface area contributed by atoms with Gasteiger partial charge < -0.3 is 5.11 Å². The minimum absolute atomic E-state index is 0.158. The molecule has 1 N–H and O–H groups in total. The zero-order valence-electron chi connectivity index (χ0n) is 13.4. The Bertz CT molecular complexity index is 857. The van der Waals surface area contributed by atoms with E-state index in [0.717, 1.165) is 27.9 Å². The molecule has 0 amide bonds. The van der Waals surface area contributed by atoms with Crippen molar-refractivity contribution >= 4 is 5.97 Å². The number of aromatic nitrogens is 2. The predicted octanol–water partition coefficient (Wildman–Crippen LogP) is 4.16. The van der Waals surface area contributed by atoms with E-state index >= 15 is 0 Å². The van der Waals surface area contributed by atoms with Crippen molar-refractivity contribution in [2.24, 2.45) is 0 Å². The fraction of sp³-hybridized carbons (Fsp3) is 0.158. The van der Waals surface area contributed by atoms with Gasteiger partial charge in [0.1, 0.15) is 0 Å². The van der Waals surface area contributed by atoms with Crippen molar-refractivity contribution in [3.8, 4) is 16.9 Å². The van der Waals surface area contributed by atoms with Crippen molar-refractivity contribution in [2.45, 2.75) is 20.8 Å². The molecule has 0 aliphatic carbocycles. The highest BCUT2D eigenvalue weighted by atomic mass is 16.4. The van der Waals surface area contributed by atoms with Crippen LogP contribution in [0.2, 0.25) is 0 Å². The molecule has 0 radical (unpaired) electrons. The fourth-order valence-electron chi connectivity index (χ4n) is 2.67. The molecular weight excluding hydrogens is 288 g/mol. The number of aromatic carboxylic acids is 1. The summed E-state index contributed by atoms with van der Waals surface area (Å²) in [5.41, 5.74) is 5.78. The maximum absolute atomic E-state index is 11.6. The lowest BCUT2D eigenvalue weighted by Gasteiger charge is -2.07. The minimum atomic E-state index is -0.991. The number of aryl methyl sites for hydroxylation is 3. The van der Waals surface area contributed by atoms with Gasteiger partial charge in [0.15, 0.2) is 5.69 Å². The molecule has 0 unspecified atom stereocenters. The Morgan fingerprint density at radius 2 is 1.52 bits per heavy atom. The van der Waals surface area contributed by atoms with Crippen LogP contribution in [-0.4, -0.2) is 20.9 Å². The zero-order valence-corrected chi connectivity index (χ0v) is 13.4. The Balaban J connectivity index is 2.16. The first-order valence-electron chi connectivity index (χ1n) is 7.43. The molecule has 1 aromatic heterocycles. The fourth-order valence-corrected chi connectivity index (χ4v) is 2.67. The second-order valence-corrected chi connectivity index (χ2v) is 5.84. The highest BCUT2D eigenvalue weighted by Crippen LogP contribution is 2.23. The Kier molecular flexibility index (Phi) is 3.74. The third-order valence-electron chi connectivity index (χ3n) is 3.73. The van der Waals surface area contributed by atoms with Crippen molar-refractivity contribution in [3.05, 3.63) is 70.9 Å². The minimum Gasteiger partial charge on any atom is -0.477 e. The van der Waals surface area contributed by atoms with E-state index in [4.69, 9.17) is 0 Å². The smallest absolute Gasteiger partial charge is 0.354 e. The molecule has 0 atom stereocenters. The molecule has 0 aliphatic rings. The van der Waals surface area contributed by atoms with Crippen LogP contribution in [0.1, 0.15) is 27.2 Å². The van der Waals surface area contributed by atoms with Gasteiger partial charge in [-0.2, -0.15) is 5.10 Å². The van der Waals surface area contributed by atoms with Gasteiger partial charge in [0.25, 0.3) is 0 Å². The summed E-state index contributed by atoms with van der Waals surface area (Å²) >= 11 is 0. The Morgan fingerprint density at radius 1 is 0.913 bits per heavy atom. The van der Waals surface area contributed by atoms with Gasteiger partial charge in [-0.15, -0.1) is 0 Å². The summed E-state index contributed by atoms with van der Waals surface area (Å²) in [6, 6.07) is 15.4. The maximum atomic E-state index is 11.6. The van der Waals surface area contributed by atoms with Crippen LogP contribution < -0.4 is 0 Å². The van der Waals surface area contributed by atoms with Gasteiger partial charge in [-0.05, 0) is 50.1 Å². The molecule has 0 aliphatic heterocycles. The number of benzene rings is 2. The number of carbonyl (C=O) groups is 1. The first-order chi connectivity index (χ1) is 10.9. The number of nitrogens with zero attached hydrogens (tertiary/aromatic N) is 2. The molecule has 4 heteroatoms. The van der Waals surface area contributed by atoms with Crippen LogP contribution in [0.5, 0.6) is 0 Å². The first kappa shape index (κ1) is 15.0. The molecule has 0 fully saturated rings. The summed E-state index contributed by atoms with van der Waals surface area (Å²) in [7, 11) is 0. The van der Waals surface area contributed by atoms with Crippen molar-refractivity contribution in [1.82, 2.24) is 9.78 Å². The van der Waals surface area contributed by atoms with Gasteiger partial charge in [-0.3, -0.25) is 0 Å². The van der Waals surface area contributed by atoms with E-state index in [1.165, 1.54) is 4.68 Å². The van der Waals surface area contributed by atoms with Crippen molar-refractivity contribution < 1.29 is 9.90 Å². The molecule has 0 bridgehead atoms. The predicted molar refractivity (Wildman–Crippen MR) is 90.2 cm³/mol. The molecule has 23 heavy (non-hydrogen) atoms. The number of hydrogen-bond donors (Lipinski definition) is 1. The summed E-state index contributed by atoms with van der Waals surface area (Å²) in [5.74, 6) is -0.991. The molecule has 1 heterocycles. The van der Waals surface area contributed by atoms with Gasteiger partial charge in [0.2, 0.25) is 0 Å². The average Bonchev–Trinajstić information content (AvgIpc) is 2.92. The topological polar surface area (TPSA) is 55.1 Å². The molecule has 0 saturated carbocycles. The Hall–Kier alpha value is -2.88. The van der Waals surface area contributed by atoms with Gasteiger partial charge in [0, 0.05) is 5.56 Å². The standard InChI is InChI=1S/C19H18N2O2/c1-12-4-6-15(7-5-12)17-11-18(19(22)23)21(20-17)16-9-13(2)8-14(3)10-16/h4-11H,1-3H3,(H,22,23). The average molecular weight is 306 g/mol. The lowest BCUT2D eigenvalue weighted by molar-refractivity contribution is 0.0687. The van der Waals surface area contributed by atoms with E-state index in [0.29, 0.717) is 5.69 Å². The Labute approximate surface area is 135 Å². The number of rotatable bonds is 3. The van der Waals surface area contributed by atoms with Crippen LogP contribution >= 0.6 is 0 Å². The molecular formula is C19H18N2O2. The van der Waals surface area contributed by atoms with E-state index in [1.54, 1.807) is 6.07 Å². The quantitative estimate of drug-likeness (QED) is 0.790. The molecule has 0 saturated heterocycles. The maximum Gasteiger partial charge on any atom is 0.354 e. The number of carboxylic acids is 1. The van der Waals surface area contributed by atoms with Crippen LogP contribution in [-0.2, 0) is 0 Å². The normalized spacial score (nSPS) is 10.7. The molecule has 4 nitrogen and oxygen atoms in total. The van der Waals surface area contributed by atoms with Crippen LogP contribution in [0.25, 0.3) is 16.9 Å². The van der Waals surface area contributed by atoms with Crippen molar-refractivity contribution in [1.29, 1.82) is 0 Å². The van der Waals surface area contributed by atoms with Gasteiger partial charge in [-0.25, -0.2) is 9.48 Å². The summed E-state index contributed by atoms with van der Waals surface area (Å²) in [6.45, 7) is 5.99. The summed E-state index contributed by atoms with van der Waals surface area (Å²) in [5, 5.41) is 14.0. The molecule has 116 valence electrons. The summed E-state index contributed by atoms with van der Waals surface area (Å²) in [6.07, 6.45) is 0. The lowest BCUT2D eigenvalue weighted by atomic mass is 10.1. The second kappa shape index (κ2) is 5.72. The Morgan fingerprint density at radius 3 is 2.09 bits per heavy atom. The van der Waals surface area contributed by atoms with Crippen LogP contribution in [0.4, 0.5) is 0 Å². The van der Waals surface area contributed by atoms with Gasteiger partial charge >= 0.3 is 5.97 Å². The molecule has 2 aromatic carbocycles. The van der Waals surface area contributed by atoms with E-state index in [1.807, 2.05) is 63.2 Å². The highest BCUT2D eigenvalue weighted by Gasteiger charge is 2.17. The zero-order chi connectivity index (χ0) is 16.6. The second-order valence-electron chi connectivity index (χ2n) is 5.84. The number of hydrogen-bond acceptors (Lipinski definition) is 2. The van der Waals surface area contributed by atoms with Crippen LogP contribution in [0.3, 0.4) is 0 Å². The molecule has 3 aromatic rings. The van der Waals surface area contributed by atoms with E-state index < -0.39 is 5.97 Å². The number of carboxylic acid groups (broad SMARTS) is 1.